The van der Waals surface area contributed by atoms with Gasteiger partial charge in [0.1, 0.15) is 11.4 Å². The number of carbonyl (C=O) groups excluding carboxylic acids is 1. The van der Waals surface area contributed by atoms with Crippen molar-refractivity contribution in [3.63, 3.8) is 0 Å². The van der Waals surface area contributed by atoms with Gasteiger partial charge in [0.25, 0.3) is 0 Å². The van der Waals surface area contributed by atoms with Crippen LogP contribution in [0.3, 0.4) is 0 Å². The molecule has 0 aliphatic carbocycles. The zero-order chi connectivity index (χ0) is 14.7. The molecule has 0 bridgehead atoms. The van der Waals surface area contributed by atoms with E-state index in [0.29, 0.717) is 23.1 Å². The van der Waals surface area contributed by atoms with Crippen molar-refractivity contribution in [1.29, 1.82) is 0 Å². The molecule has 0 fully saturated rings. The summed E-state index contributed by atoms with van der Waals surface area (Å²) in [6.45, 7) is 4.42. The summed E-state index contributed by atoms with van der Waals surface area (Å²) >= 11 is 5.98. The van der Waals surface area contributed by atoms with E-state index >= 15 is 0 Å². The second kappa shape index (κ2) is 6.05. The minimum atomic E-state index is -0.502. The lowest BCUT2D eigenvalue weighted by molar-refractivity contribution is 0.0527. The highest BCUT2D eigenvalue weighted by Crippen LogP contribution is 2.31. The second-order valence-electron chi connectivity index (χ2n) is 4.08. The van der Waals surface area contributed by atoms with Gasteiger partial charge in [0.05, 0.1) is 22.8 Å². The van der Waals surface area contributed by atoms with E-state index in [9.17, 15) is 9.18 Å². The molecule has 1 aromatic carbocycles. The van der Waals surface area contributed by atoms with E-state index in [0.717, 1.165) is 0 Å². The SMILES string of the molecule is CCNc1c(C(=O)OCC)cnc2c(Cl)cc(F)cc12. The molecule has 106 valence electrons. The molecule has 1 aromatic heterocycles. The van der Waals surface area contributed by atoms with Crippen LogP contribution in [0.15, 0.2) is 18.3 Å². The van der Waals surface area contributed by atoms with Crippen LogP contribution >= 0.6 is 11.6 Å². The largest absolute Gasteiger partial charge is 0.462 e. The highest BCUT2D eigenvalue weighted by atomic mass is 35.5. The summed E-state index contributed by atoms with van der Waals surface area (Å²) in [7, 11) is 0. The van der Waals surface area contributed by atoms with Crippen LogP contribution in [0.2, 0.25) is 5.02 Å². The molecule has 1 heterocycles. The van der Waals surface area contributed by atoms with Gasteiger partial charge >= 0.3 is 5.97 Å². The Morgan fingerprint density at radius 3 is 2.85 bits per heavy atom. The van der Waals surface area contributed by atoms with Gasteiger partial charge in [0.2, 0.25) is 0 Å². The number of rotatable bonds is 4. The number of anilines is 1. The van der Waals surface area contributed by atoms with Gasteiger partial charge in [-0.3, -0.25) is 4.98 Å². The van der Waals surface area contributed by atoms with E-state index in [1.165, 1.54) is 18.3 Å². The number of hydrogen-bond acceptors (Lipinski definition) is 4. The van der Waals surface area contributed by atoms with Crippen LogP contribution in [0.4, 0.5) is 10.1 Å². The highest BCUT2D eigenvalue weighted by molar-refractivity contribution is 6.35. The first-order chi connectivity index (χ1) is 9.58. The number of aromatic nitrogens is 1. The number of benzene rings is 1. The van der Waals surface area contributed by atoms with Crippen molar-refractivity contribution >= 4 is 34.2 Å². The first kappa shape index (κ1) is 14.5. The van der Waals surface area contributed by atoms with E-state index in [2.05, 4.69) is 10.3 Å². The molecule has 0 atom stereocenters. The number of ether oxygens (including phenoxy) is 1. The van der Waals surface area contributed by atoms with E-state index < -0.39 is 11.8 Å². The summed E-state index contributed by atoms with van der Waals surface area (Å²) in [5.74, 6) is -0.984. The molecule has 4 nitrogen and oxygen atoms in total. The smallest absolute Gasteiger partial charge is 0.341 e. The Hall–Kier alpha value is -1.88. The number of halogens is 2. The van der Waals surface area contributed by atoms with E-state index in [4.69, 9.17) is 16.3 Å². The van der Waals surface area contributed by atoms with Crippen LogP contribution in [0.5, 0.6) is 0 Å². The van der Waals surface area contributed by atoms with E-state index in [1.807, 2.05) is 6.92 Å². The maximum absolute atomic E-state index is 13.5. The van der Waals surface area contributed by atoms with Gasteiger partial charge in [-0.15, -0.1) is 0 Å². The number of carbonyl (C=O) groups is 1. The Bertz CT molecular complexity index is 661. The van der Waals surface area contributed by atoms with Crippen LogP contribution < -0.4 is 5.32 Å². The second-order valence-corrected chi connectivity index (χ2v) is 4.49. The Labute approximate surface area is 120 Å². The van der Waals surface area contributed by atoms with Gasteiger partial charge in [-0.25, -0.2) is 9.18 Å². The van der Waals surface area contributed by atoms with Crippen LogP contribution in [-0.2, 0) is 4.74 Å². The summed E-state index contributed by atoms with van der Waals surface area (Å²) in [5, 5.41) is 3.71. The molecule has 1 N–H and O–H groups in total. The summed E-state index contributed by atoms with van der Waals surface area (Å²) in [6, 6.07) is 2.49. The molecule has 0 radical (unpaired) electrons. The quantitative estimate of drug-likeness (QED) is 0.875. The first-order valence-electron chi connectivity index (χ1n) is 6.27. The molecule has 0 aliphatic rings. The standard InChI is InChI=1S/C14H14ClFN2O2/c1-3-17-12-9-5-8(16)6-11(15)13(9)18-7-10(12)14(19)20-4-2/h5-7H,3-4H2,1-2H3,(H,17,18). The Kier molecular flexibility index (Phi) is 4.39. The van der Waals surface area contributed by atoms with Crippen molar-refractivity contribution < 1.29 is 13.9 Å². The normalized spacial score (nSPS) is 10.6. The van der Waals surface area contributed by atoms with Crippen molar-refractivity contribution in [2.24, 2.45) is 0 Å². The van der Waals surface area contributed by atoms with Gasteiger partial charge in [0, 0.05) is 18.1 Å². The lowest BCUT2D eigenvalue weighted by atomic mass is 10.1. The van der Waals surface area contributed by atoms with Crippen LogP contribution in [0, 0.1) is 5.82 Å². The minimum Gasteiger partial charge on any atom is -0.462 e. The van der Waals surface area contributed by atoms with E-state index in [-0.39, 0.29) is 17.2 Å². The third-order valence-corrected chi connectivity index (χ3v) is 3.03. The molecule has 20 heavy (non-hydrogen) atoms. The molecule has 2 aromatic rings. The number of hydrogen-bond donors (Lipinski definition) is 1. The van der Waals surface area contributed by atoms with Crippen LogP contribution in [-0.4, -0.2) is 24.1 Å². The lowest BCUT2D eigenvalue weighted by Crippen LogP contribution is -2.11. The molecule has 0 saturated carbocycles. The fourth-order valence-electron chi connectivity index (χ4n) is 1.96. The van der Waals surface area contributed by atoms with Crippen molar-refractivity contribution in [2.45, 2.75) is 13.8 Å². The van der Waals surface area contributed by atoms with Gasteiger partial charge in [-0.1, -0.05) is 11.6 Å². The topological polar surface area (TPSA) is 51.2 Å². The van der Waals surface area contributed by atoms with Crippen molar-refractivity contribution in [2.75, 3.05) is 18.5 Å². The van der Waals surface area contributed by atoms with Crippen LogP contribution in [0.1, 0.15) is 24.2 Å². The predicted octanol–water partition coefficient (Wildman–Crippen LogP) is 3.64. The summed E-state index contributed by atoms with van der Waals surface area (Å²) < 4.78 is 18.5. The minimum absolute atomic E-state index is 0.203. The van der Waals surface area contributed by atoms with Gasteiger partial charge in [-0.05, 0) is 26.0 Å². The van der Waals surface area contributed by atoms with Crippen molar-refractivity contribution in [1.82, 2.24) is 4.98 Å². The highest BCUT2D eigenvalue weighted by Gasteiger charge is 2.18. The monoisotopic (exact) mass is 296 g/mol. The summed E-state index contributed by atoms with van der Waals surface area (Å²) in [5.41, 5.74) is 1.19. The van der Waals surface area contributed by atoms with Crippen LogP contribution in [0.25, 0.3) is 10.9 Å². The maximum atomic E-state index is 13.5. The number of pyridine rings is 1. The third kappa shape index (κ3) is 2.67. The number of nitrogens with one attached hydrogen (secondary N) is 1. The van der Waals surface area contributed by atoms with Crippen molar-refractivity contribution in [3.8, 4) is 0 Å². The summed E-state index contributed by atoms with van der Waals surface area (Å²) in [4.78, 5) is 16.1. The fourth-order valence-corrected chi connectivity index (χ4v) is 2.21. The van der Waals surface area contributed by atoms with Gasteiger partial charge in [0.15, 0.2) is 0 Å². The molecule has 0 amide bonds. The Balaban J connectivity index is 2.71. The molecule has 6 heteroatoms. The predicted molar refractivity (Wildman–Crippen MR) is 76.8 cm³/mol. The zero-order valence-electron chi connectivity index (χ0n) is 11.2. The Morgan fingerprint density at radius 1 is 1.45 bits per heavy atom. The zero-order valence-corrected chi connectivity index (χ0v) is 11.9. The van der Waals surface area contributed by atoms with E-state index in [1.54, 1.807) is 6.92 Å². The lowest BCUT2D eigenvalue weighted by Gasteiger charge is -2.13. The number of nitrogens with zero attached hydrogens (tertiary/aromatic N) is 1. The molecular weight excluding hydrogens is 283 g/mol. The number of fused-ring (bicyclic) bond motifs is 1. The molecule has 0 aliphatic heterocycles. The van der Waals surface area contributed by atoms with Gasteiger partial charge < -0.3 is 10.1 Å². The molecule has 0 spiro atoms. The first-order valence-corrected chi connectivity index (χ1v) is 6.65. The molecule has 0 unspecified atom stereocenters. The van der Waals surface area contributed by atoms with Crippen molar-refractivity contribution in [3.05, 3.63) is 34.7 Å². The Morgan fingerprint density at radius 2 is 2.20 bits per heavy atom. The average Bonchev–Trinajstić information content (AvgIpc) is 2.39. The number of esters is 1. The molecule has 2 rings (SSSR count). The summed E-state index contributed by atoms with van der Waals surface area (Å²) in [6.07, 6.45) is 1.39. The maximum Gasteiger partial charge on any atom is 0.341 e. The molecular formula is C14H14ClFN2O2. The third-order valence-electron chi connectivity index (χ3n) is 2.74. The molecule has 0 saturated heterocycles. The van der Waals surface area contributed by atoms with Gasteiger partial charge in [-0.2, -0.15) is 0 Å². The average molecular weight is 297 g/mol. The fraction of sp³-hybridized carbons (Fsp3) is 0.286.